The minimum atomic E-state index is -0.318. The van der Waals surface area contributed by atoms with Gasteiger partial charge in [-0.3, -0.25) is 4.57 Å². The molecule has 2 rings (SSSR count). The lowest BCUT2D eigenvalue weighted by atomic mass is 10.3. The third kappa shape index (κ3) is 2.46. The van der Waals surface area contributed by atoms with Crippen LogP contribution < -0.4 is 4.74 Å². The fraction of sp³-hybridized carbons (Fsp3) is 0.308. The second kappa shape index (κ2) is 4.57. The molecular formula is C13H15FN2O. The van der Waals surface area contributed by atoms with Crippen LogP contribution in [0.15, 0.2) is 30.5 Å². The highest BCUT2D eigenvalue weighted by Crippen LogP contribution is 2.24. The lowest BCUT2D eigenvalue weighted by Gasteiger charge is -2.13. The standard InChI is InChI=1S/C13H15FN2O/c1-9(2)16-10(3)8-15-13(16)17-12-6-4-5-11(14)7-12/h4-9H,1-3H3. The molecule has 17 heavy (non-hydrogen) atoms. The molecule has 1 heterocycles. The van der Waals surface area contributed by atoms with Gasteiger partial charge in [0.1, 0.15) is 11.6 Å². The molecular weight excluding hydrogens is 219 g/mol. The van der Waals surface area contributed by atoms with Crippen LogP contribution in [0.3, 0.4) is 0 Å². The first-order valence-corrected chi connectivity index (χ1v) is 5.55. The molecule has 90 valence electrons. The van der Waals surface area contributed by atoms with Gasteiger partial charge in [-0.25, -0.2) is 9.37 Å². The van der Waals surface area contributed by atoms with Crippen molar-refractivity contribution in [1.82, 2.24) is 9.55 Å². The van der Waals surface area contributed by atoms with E-state index in [0.717, 1.165) is 5.69 Å². The second-order valence-corrected chi connectivity index (χ2v) is 4.21. The molecule has 0 radical (unpaired) electrons. The van der Waals surface area contributed by atoms with E-state index in [4.69, 9.17) is 4.74 Å². The maximum Gasteiger partial charge on any atom is 0.302 e. The zero-order valence-corrected chi connectivity index (χ0v) is 10.1. The predicted molar refractivity (Wildman–Crippen MR) is 63.8 cm³/mol. The van der Waals surface area contributed by atoms with Gasteiger partial charge in [-0.05, 0) is 32.9 Å². The summed E-state index contributed by atoms with van der Waals surface area (Å²) in [6.07, 6.45) is 1.74. The van der Waals surface area contributed by atoms with Gasteiger partial charge in [0, 0.05) is 17.8 Å². The second-order valence-electron chi connectivity index (χ2n) is 4.21. The summed E-state index contributed by atoms with van der Waals surface area (Å²) in [5.41, 5.74) is 1.02. The van der Waals surface area contributed by atoms with Crippen LogP contribution in [0.2, 0.25) is 0 Å². The average molecular weight is 234 g/mol. The number of aryl methyl sites for hydroxylation is 1. The van der Waals surface area contributed by atoms with Gasteiger partial charge in [-0.2, -0.15) is 0 Å². The Morgan fingerprint density at radius 3 is 2.76 bits per heavy atom. The molecule has 0 unspecified atom stereocenters. The number of hydrogen-bond acceptors (Lipinski definition) is 2. The molecule has 3 nitrogen and oxygen atoms in total. The molecule has 0 spiro atoms. The summed E-state index contributed by atoms with van der Waals surface area (Å²) in [4.78, 5) is 4.18. The van der Waals surface area contributed by atoms with Crippen LogP contribution in [0.4, 0.5) is 4.39 Å². The number of imidazole rings is 1. The molecule has 2 aromatic rings. The molecule has 0 aliphatic carbocycles. The summed E-state index contributed by atoms with van der Waals surface area (Å²) in [5.74, 6) is 0.138. The number of aromatic nitrogens is 2. The Balaban J connectivity index is 2.30. The number of benzene rings is 1. The van der Waals surface area contributed by atoms with Gasteiger partial charge in [0.05, 0.1) is 6.20 Å². The van der Waals surface area contributed by atoms with Crippen molar-refractivity contribution in [2.24, 2.45) is 0 Å². The smallest absolute Gasteiger partial charge is 0.302 e. The minimum Gasteiger partial charge on any atom is -0.425 e. The predicted octanol–water partition coefficient (Wildman–Crippen LogP) is 3.70. The van der Waals surface area contributed by atoms with E-state index in [-0.39, 0.29) is 11.9 Å². The van der Waals surface area contributed by atoms with Crippen LogP contribution in [-0.4, -0.2) is 9.55 Å². The number of ether oxygens (including phenoxy) is 1. The van der Waals surface area contributed by atoms with Crippen LogP contribution >= 0.6 is 0 Å². The molecule has 0 amide bonds. The summed E-state index contributed by atoms with van der Waals surface area (Å²) in [6, 6.07) is 6.78. The summed E-state index contributed by atoms with van der Waals surface area (Å²) in [6.45, 7) is 6.06. The van der Waals surface area contributed by atoms with E-state index in [1.807, 2.05) is 25.3 Å². The van der Waals surface area contributed by atoms with Crippen molar-refractivity contribution < 1.29 is 9.13 Å². The normalized spacial score (nSPS) is 10.9. The maximum absolute atomic E-state index is 13.0. The molecule has 0 bridgehead atoms. The van der Waals surface area contributed by atoms with Crippen LogP contribution in [0.5, 0.6) is 11.8 Å². The Morgan fingerprint density at radius 2 is 2.12 bits per heavy atom. The van der Waals surface area contributed by atoms with Crippen LogP contribution in [0, 0.1) is 12.7 Å². The van der Waals surface area contributed by atoms with Crippen molar-refractivity contribution in [2.75, 3.05) is 0 Å². The van der Waals surface area contributed by atoms with E-state index in [2.05, 4.69) is 4.98 Å². The fourth-order valence-corrected chi connectivity index (χ4v) is 1.76. The van der Waals surface area contributed by atoms with Crippen molar-refractivity contribution in [3.8, 4) is 11.8 Å². The summed E-state index contributed by atoms with van der Waals surface area (Å²) in [7, 11) is 0. The van der Waals surface area contributed by atoms with E-state index in [1.165, 1.54) is 12.1 Å². The molecule has 0 saturated heterocycles. The largest absolute Gasteiger partial charge is 0.425 e. The Labute approximate surface area is 99.9 Å². The first-order valence-electron chi connectivity index (χ1n) is 5.55. The van der Waals surface area contributed by atoms with E-state index < -0.39 is 0 Å². The minimum absolute atomic E-state index is 0.251. The Hall–Kier alpha value is -1.84. The van der Waals surface area contributed by atoms with Gasteiger partial charge in [-0.15, -0.1) is 0 Å². The molecule has 0 fully saturated rings. The molecule has 1 aromatic heterocycles. The van der Waals surface area contributed by atoms with Crippen molar-refractivity contribution >= 4 is 0 Å². The van der Waals surface area contributed by atoms with Crippen molar-refractivity contribution in [1.29, 1.82) is 0 Å². The number of rotatable bonds is 3. The fourth-order valence-electron chi connectivity index (χ4n) is 1.76. The van der Waals surface area contributed by atoms with Gasteiger partial charge < -0.3 is 4.74 Å². The van der Waals surface area contributed by atoms with E-state index >= 15 is 0 Å². The molecule has 0 aliphatic rings. The summed E-state index contributed by atoms with van der Waals surface area (Å²) < 4.78 is 20.6. The summed E-state index contributed by atoms with van der Waals surface area (Å²) in [5, 5.41) is 0. The maximum atomic E-state index is 13.0. The lowest BCUT2D eigenvalue weighted by molar-refractivity contribution is 0.390. The molecule has 1 aromatic carbocycles. The lowest BCUT2D eigenvalue weighted by Crippen LogP contribution is -2.05. The SMILES string of the molecule is Cc1cnc(Oc2cccc(F)c2)n1C(C)C. The molecule has 0 N–H and O–H groups in total. The highest BCUT2D eigenvalue weighted by molar-refractivity contribution is 5.26. The van der Waals surface area contributed by atoms with E-state index in [1.54, 1.807) is 18.3 Å². The monoisotopic (exact) mass is 234 g/mol. The quantitative estimate of drug-likeness (QED) is 0.809. The van der Waals surface area contributed by atoms with Gasteiger partial charge in [-0.1, -0.05) is 6.07 Å². The van der Waals surface area contributed by atoms with Crippen molar-refractivity contribution in [3.05, 3.63) is 42.0 Å². The van der Waals surface area contributed by atoms with E-state index in [0.29, 0.717) is 11.8 Å². The van der Waals surface area contributed by atoms with Gasteiger partial charge in [0.25, 0.3) is 0 Å². The third-order valence-electron chi connectivity index (χ3n) is 2.47. The number of hydrogen-bond donors (Lipinski definition) is 0. The topological polar surface area (TPSA) is 27.1 Å². The van der Waals surface area contributed by atoms with Gasteiger partial charge >= 0.3 is 6.01 Å². The van der Waals surface area contributed by atoms with Gasteiger partial charge in [0.15, 0.2) is 0 Å². The first-order chi connectivity index (χ1) is 8.08. The first kappa shape index (κ1) is 11.6. The van der Waals surface area contributed by atoms with Gasteiger partial charge in [0.2, 0.25) is 0 Å². The Morgan fingerprint density at radius 1 is 1.35 bits per heavy atom. The Kier molecular flexibility index (Phi) is 3.13. The van der Waals surface area contributed by atoms with Crippen LogP contribution in [-0.2, 0) is 0 Å². The average Bonchev–Trinajstić information content (AvgIpc) is 2.59. The third-order valence-corrected chi connectivity index (χ3v) is 2.47. The Bertz CT molecular complexity index is 520. The molecule has 0 saturated carbocycles. The van der Waals surface area contributed by atoms with E-state index in [9.17, 15) is 4.39 Å². The zero-order chi connectivity index (χ0) is 12.4. The van der Waals surface area contributed by atoms with Crippen molar-refractivity contribution in [2.45, 2.75) is 26.8 Å². The number of nitrogens with zero attached hydrogens (tertiary/aromatic N) is 2. The molecule has 0 aliphatic heterocycles. The molecule has 4 heteroatoms. The highest BCUT2D eigenvalue weighted by Gasteiger charge is 2.12. The summed E-state index contributed by atoms with van der Waals surface area (Å²) >= 11 is 0. The highest BCUT2D eigenvalue weighted by atomic mass is 19.1. The zero-order valence-electron chi connectivity index (χ0n) is 10.1. The number of halogens is 1. The molecule has 0 atom stereocenters. The van der Waals surface area contributed by atoms with Crippen LogP contribution in [0.1, 0.15) is 25.6 Å². The van der Waals surface area contributed by atoms with Crippen molar-refractivity contribution in [3.63, 3.8) is 0 Å². The van der Waals surface area contributed by atoms with Crippen LogP contribution in [0.25, 0.3) is 0 Å².